The summed E-state index contributed by atoms with van der Waals surface area (Å²) in [5.74, 6) is 0.518. The summed E-state index contributed by atoms with van der Waals surface area (Å²) in [5.41, 5.74) is 4.40. The summed E-state index contributed by atoms with van der Waals surface area (Å²) >= 11 is 12.6. The highest BCUT2D eigenvalue weighted by Gasteiger charge is 2.30. The molecule has 0 fully saturated rings. The number of nitrogens with one attached hydrogen (secondary N) is 1. The molecule has 1 heterocycles. The van der Waals surface area contributed by atoms with E-state index in [1.54, 1.807) is 12.1 Å². The monoisotopic (exact) mass is 453 g/mol. The molecule has 0 saturated carbocycles. The smallest absolute Gasteiger partial charge is 0.417 e. The molecular weight excluding hydrogens is 438 g/mol. The van der Waals surface area contributed by atoms with Crippen molar-refractivity contribution in [2.24, 2.45) is 5.10 Å². The number of aryl methyl sites for hydroxylation is 1. The molecule has 0 atom stereocenters. The molecule has 156 valence electrons. The lowest BCUT2D eigenvalue weighted by molar-refractivity contribution is -0.137. The average Bonchev–Trinajstić information content (AvgIpc) is 2.67. The highest BCUT2D eigenvalue weighted by Crippen LogP contribution is 2.34. The van der Waals surface area contributed by atoms with Crippen molar-refractivity contribution in [3.8, 4) is 5.75 Å². The Labute approximate surface area is 181 Å². The van der Waals surface area contributed by atoms with E-state index in [9.17, 15) is 13.2 Å². The van der Waals surface area contributed by atoms with Crippen LogP contribution in [0, 0.1) is 6.92 Å². The summed E-state index contributed by atoms with van der Waals surface area (Å²) in [6.07, 6.45) is -2.29. The molecule has 1 N–H and O–H groups in total. The van der Waals surface area contributed by atoms with Crippen LogP contribution in [0.5, 0.6) is 5.75 Å². The third kappa shape index (κ3) is 5.87. The number of pyridine rings is 1. The number of alkyl halides is 3. The van der Waals surface area contributed by atoms with Crippen LogP contribution >= 0.6 is 23.2 Å². The van der Waals surface area contributed by atoms with Crippen LogP contribution in [0.3, 0.4) is 0 Å². The summed E-state index contributed by atoms with van der Waals surface area (Å²) in [4.78, 5) is 3.67. The molecular formula is C21H16Cl2F3N3O. The van der Waals surface area contributed by atoms with Crippen LogP contribution in [0.4, 0.5) is 19.0 Å². The summed E-state index contributed by atoms with van der Waals surface area (Å²) in [6, 6.07) is 13.2. The Balaban J connectivity index is 1.64. The molecule has 0 aliphatic rings. The van der Waals surface area contributed by atoms with Gasteiger partial charge in [-0.2, -0.15) is 18.3 Å². The number of hydrazone groups is 1. The van der Waals surface area contributed by atoms with Gasteiger partial charge < -0.3 is 4.74 Å². The van der Waals surface area contributed by atoms with E-state index in [0.29, 0.717) is 28.0 Å². The van der Waals surface area contributed by atoms with Crippen molar-refractivity contribution >= 4 is 35.2 Å². The van der Waals surface area contributed by atoms with Crippen LogP contribution in [-0.4, -0.2) is 11.2 Å². The predicted molar refractivity (Wildman–Crippen MR) is 112 cm³/mol. The van der Waals surface area contributed by atoms with Gasteiger partial charge in [-0.25, -0.2) is 4.98 Å². The van der Waals surface area contributed by atoms with Crippen molar-refractivity contribution in [1.82, 2.24) is 4.98 Å². The molecule has 3 aromatic rings. The standard InChI is InChI=1S/C21H16Cl2F3N3O/c1-13-3-2-4-14(7-13)12-30-20-17(22)8-15(9-18(20)23)10-28-29-19-6-5-16(11-27-19)21(24,25)26/h2-11H,12H2,1H3,(H,27,29)/b28-10-. The lowest BCUT2D eigenvalue weighted by atomic mass is 10.1. The second-order valence-corrected chi connectivity index (χ2v) is 7.21. The first kappa shape index (κ1) is 21.9. The summed E-state index contributed by atoms with van der Waals surface area (Å²) in [5, 5.41) is 4.56. The molecule has 0 aliphatic carbocycles. The van der Waals surface area contributed by atoms with Gasteiger partial charge in [0, 0.05) is 6.20 Å². The molecule has 9 heteroatoms. The Morgan fingerprint density at radius 2 is 1.83 bits per heavy atom. The quantitative estimate of drug-likeness (QED) is 0.332. The Hall–Kier alpha value is -2.77. The summed E-state index contributed by atoms with van der Waals surface area (Å²) < 4.78 is 43.4. The second-order valence-electron chi connectivity index (χ2n) is 6.39. The molecule has 0 amide bonds. The van der Waals surface area contributed by atoms with Gasteiger partial charge in [-0.15, -0.1) is 0 Å². The van der Waals surface area contributed by atoms with Crippen LogP contribution in [0.15, 0.2) is 59.8 Å². The fourth-order valence-electron chi connectivity index (χ4n) is 2.55. The van der Waals surface area contributed by atoms with Gasteiger partial charge in [0.1, 0.15) is 12.4 Å². The molecule has 3 rings (SSSR count). The van der Waals surface area contributed by atoms with Gasteiger partial charge in [0.2, 0.25) is 0 Å². The SMILES string of the molecule is Cc1cccc(COc2c(Cl)cc(/C=N\Nc3ccc(C(F)(F)F)cn3)cc2Cl)c1. The van der Waals surface area contributed by atoms with E-state index in [0.717, 1.165) is 23.4 Å². The van der Waals surface area contributed by atoms with E-state index in [-0.39, 0.29) is 5.82 Å². The number of ether oxygens (including phenoxy) is 1. The van der Waals surface area contributed by atoms with E-state index < -0.39 is 11.7 Å². The predicted octanol–water partition coefficient (Wildman–Crippen LogP) is 6.74. The maximum absolute atomic E-state index is 12.5. The van der Waals surface area contributed by atoms with Gasteiger partial charge in [-0.05, 0) is 42.3 Å². The molecule has 0 radical (unpaired) electrons. The highest BCUT2D eigenvalue weighted by atomic mass is 35.5. The van der Waals surface area contributed by atoms with E-state index in [1.165, 1.54) is 12.3 Å². The van der Waals surface area contributed by atoms with Crippen LogP contribution in [0.1, 0.15) is 22.3 Å². The van der Waals surface area contributed by atoms with Crippen LogP contribution in [-0.2, 0) is 12.8 Å². The van der Waals surface area contributed by atoms with E-state index >= 15 is 0 Å². The lowest BCUT2D eigenvalue weighted by Gasteiger charge is -2.11. The first-order valence-corrected chi connectivity index (χ1v) is 9.47. The number of rotatable bonds is 6. The maximum Gasteiger partial charge on any atom is 0.417 e. The van der Waals surface area contributed by atoms with Gasteiger partial charge in [0.25, 0.3) is 0 Å². The van der Waals surface area contributed by atoms with Crippen molar-refractivity contribution in [3.05, 3.63) is 87.0 Å². The van der Waals surface area contributed by atoms with Crippen molar-refractivity contribution in [3.63, 3.8) is 0 Å². The number of benzene rings is 2. The normalized spacial score (nSPS) is 11.7. The zero-order chi connectivity index (χ0) is 21.7. The molecule has 0 bridgehead atoms. The Morgan fingerprint density at radius 3 is 2.43 bits per heavy atom. The summed E-state index contributed by atoms with van der Waals surface area (Å²) in [7, 11) is 0. The van der Waals surface area contributed by atoms with Crippen LogP contribution in [0.2, 0.25) is 10.0 Å². The Kier molecular flexibility index (Phi) is 6.84. The number of nitrogens with zero attached hydrogens (tertiary/aromatic N) is 2. The molecule has 0 saturated heterocycles. The third-order valence-electron chi connectivity index (χ3n) is 3.97. The van der Waals surface area contributed by atoms with Gasteiger partial charge in [0.15, 0.2) is 5.75 Å². The minimum Gasteiger partial charge on any atom is -0.486 e. The maximum atomic E-state index is 12.5. The Morgan fingerprint density at radius 1 is 1.10 bits per heavy atom. The number of aromatic nitrogens is 1. The zero-order valence-electron chi connectivity index (χ0n) is 15.7. The molecule has 30 heavy (non-hydrogen) atoms. The molecule has 0 unspecified atom stereocenters. The number of anilines is 1. The first-order valence-electron chi connectivity index (χ1n) is 8.72. The van der Waals surface area contributed by atoms with Crippen molar-refractivity contribution in [1.29, 1.82) is 0 Å². The zero-order valence-corrected chi connectivity index (χ0v) is 17.2. The van der Waals surface area contributed by atoms with Crippen LogP contribution in [0.25, 0.3) is 0 Å². The van der Waals surface area contributed by atoms with E-state index in [4.69, 9.17) is 27.9 Å². The fourth-order valence-corrected chi connectivity index (χ4v) is 3.16. The Bertz CT molecular complexity index is 1030. The van der Waals surface area contributed by atoms with E-state index in [2.05, 4.69) is 15.5 Å². The minimum atomic E-state index is -4.44. The second kappa shape index (κ2) is 9.36. The largest absolute Gasteiger partial charge is 0.486 e. The van der Waals surface area contributed by atoms with Crippen molar-refractivity contribution in [2.45, 2.75) is 19.7 Å². The minimum absolute atomic E-state index is 0.162. The van der Waals surface area contributed by atoms with Crippen LogP contribution < -0.4 is 10.2 Å². The fraction of sp³-hybridized carbons (Fsp3) is 0.143. The third-order valence-corrected chi connectivity index (χ3v) is 4.53. The molecule has 2 aromatic carbocycles. The number of hydrogen-bond acceptors (Lipinski definition) is 4. The first-order chi connectivity index (χ1) is 14.2. The summed E-state index contributed by atoms with van der Waals surface area (Å²) in [6.45, 7) is 2.31. The van der Waals surface area contributed by atoms with Gasteiger partial charge in [-0.3, -0.25) is 5.43 Å². The molecule has 1 aromatic heterocycles. The lowest BCUT2D eigenvalue weighted by Crippen LogP contribution is -2.05. The molecule has 0 aliphatic heterocycles. The van der Waals surface area contributed by atoms with Gasteiger partial charge >= 0.3 is 6.18 Å². The highest BCUT2D eigenvalue weighted by molar-refractivity contribution is 6.37. The van der Waals surface area contributed by atoms with Crippen molar-refractivity contribution in [2.75, 3.05) is 5.43 Å². The number of halogens is 5. The average molecular weight is 454 g/mol. The van der Waals surface area contributed by atoms with Gasteiger partial charge in [-0.1, -0.05) is 53.0 Å². The van der Waals surface area contributed by atoms with E-state index in [1.807, 2.05) is 31.2 Å². The molecule has 4 nitrogen and oxygen atoms in total. The van der Waals surface area contributed by atoms with Gasteiger partial charge in [0.05, 0.1) is 21.8 Å². The topological polar surface area (TPSA) is 46.5 Å². The van der Waals surface area contributed by atoms with Crippen molar-refractivity contribution < 1.29 is 17.9 Å². The molecule has 0 spiro atoms. The number of hydrogen-bond donors (Lipinski definition) is 1.